The average molecular weight is 650 g/mol. The Kier molecular flexibility index (Phi) is 6.65. The summed E-state index contributed by atoms with van der Waals surface area (Å²) in [6.07, 6.45) is 1.37. The summed E-state index contributed by atoms with van der Waals surface area (Å²) in [6.45, 7) is 2.91. The number of hydrogen-bond donors (Lipinski definition) is 1. The maximum atomic E-state index is 14.1. The van der Waals surface area contributed by atoms with E-state index in [4.69, 9.17) is 5.26 Å². The summed E-state index contributed by atoms with van der Waals surface area (Å²) >= 11 is 2.97. The van der Waals surface area contributed by atoms with Crippen LogP contribution in [0.4, 0.5) is 5.69 Å². The van der Waals surface area contributed by atoms with Crippen molar-refractivity contribution >= 4 is 84.8 Å². The van der Waals surface area contributed by atoms with Crippen LogP contribution in [0.25, 0.3) is 58.8 Å². The number of carboxylic acids is 1. The number of anilines is 1. The Morgan fingerprint density at radius 1 is 0.766 bits per heavy atom. The van der Waals surface area contributed by atoms with Gasteiger partial charge in [-0.3, -0.25) is 9.59 Å². The third kappa shape index (κ3) is 4.41. The van der Waals surface area contributed by atoms with Crippen molar-refractivity contribution < 1.29 is 19.5 Å². The monoisotopic (exact) mass is 649 g/mol. The molecule has 0 saturated heterocycles. The molecule has 1 aliphatic heterocycles. The molecule has 3 aromatic heterocycles. The number of fused-ring (bicyclic) bond motifs is 3. The van der Waals surface area contributed by atoms with E-state index < -0.39 is 5.97 Å². The van der Waals surface area contributed by atoms with Crippen molar-refractivity contribution in [2.75, 3.05) is 4.90 Å². The van der Waals surface area contributed by atoms with E-state index in [2.05, 4.69) is 23.6 Å². The minimum atomic E-state index is -1.26. The molecule has 0 atom stereocenters. The van der Waals surface area contributed by atoms with Crippen molar-refractivity contribution in [3.8, 4) is 26.3 Å². The molecule has 1 N–H and O–H groups in total. The Morgan fingerprint density at radius 2 is 1.45 bits per heavy atom. The lowest BCUT2D eigenvalue weighted by molar-refractivity contribution is -0.132. The summed E-state index contributed by atoms with van der Waals surface area (Å²) in [5.41, 5.74) is 4.26. The van der Waals surface area contributed by atoms with Crippen LogP contribution in [0.3, 0.4) is 0 Å². The van der Waals surface area contributed by atoms with Gasteiger partial charge in [-0.25, -0.2) is 9.69 Å². The van der Waals surface area contributed by atoms with E-state index in [0.717, 1.165) is 53.9 Å². The predicted octanol–water partition coefficient (Wildman–Crippen LogP) is 9.22. The zero-order chi connectivity index (χ0) is 32.4. The van der Waals surface area contributed by atoms with Crippen LogP contribution in [0.1, 0.15) is 32.5 Å². The second kappa shape index (κ2) is 10.9. The Balaban J connectivity index is 1.18. The second-order valence-corrected chi connectivity index (χ2v) is 13.3. The predicted molar refractivity (Wildman–Crippen MR) is 188 cm³/mol. The first kappa shape index (κ1) is 28.6. The first-order chi connectivity index (χ1) is 22.9. The molecule has 4 aromatic carbocycles. The van der Waals surface area contributed by atoms with Crippen LogP contribution in [-0.4, -0.2) is 27.5 Å². The maximum absolute atomic E-state index is 14.1. The Morgan fingerprint density at radius 3 is 2.23 bits per heavy atom. The number of amides is 2. The van der Waals surface area contributed by atoms with Crippen molar-refractivity contribution in [3.63, 3.8) is 0 Å². The maximum Gasteiger partial charge on any atom is 0.346 e. The molecule has 226 valence electrons. The van der Waals surface area contributed by atoms with E-state index in [-0.39, 0.29) is 17.4 Å². The normalized spacial score (nSPS) is 13.2. The fourth-order valence-electron chi connectivity index (χ4n) is 6.53. The number of carbonyl (C=O) groups excluding carboxylic acids is 2. The summed E-state index contributed by atoms with van der Waals surface area (Å²) < 4.78 is 2.24. The van der Waals surface area contributed by atoms with Gasteiger partial charge in [0.15, 0.2) is 0 Å². The molecule has 47 heavy (non-hydrogen) atoms. The topological polar surface area (TPSA) is 103 Å². The van der Waals surface area contributed by atoms with E-state index in [9.17, 15) is 19.5 Å². The summed E-state index contributed by atoms with van der Waals surface area (Å²) in [5, 5.41) is 21.8. The molecule has 0 unspecified atom stereocenters. The summed E-state index contributed by atoms with van der Waals surface area (Å²) in [6, 6.07) is 32.7. The minimum absolute atomic E-state index is 0.318. The van der Waals surface area contributed by atoms with E-state index >= 15 is 0 Å². The lowest BCUT2D eigenvalue weighted by Gasteiger charge is -2.28. The Bertz CT molecular complexity index is 2540. The number of para-hydroxylation sites is 1. The molecule has 1 aliphatic rings. The van der Waals surface area contributed by atoms with Crippen LogP contribution in [0, 0.1) is 11.3 Å². The van der Waals surface area contributed by atoms with Gasteiger partial charge in [0.25, 0.3) is 11.8 Å². The molecule has 0 bridgehead atoms. The van der Waals surface area contributed by atoms with Crippen LogP contribution in [-0.2, 0) is 11.3 Å². The van der Waals surface area contributed by atoms with Gasteiger partial charge in [0.2, 0.25) is 0 Å². The molecular weight excluding hydrogens is 627 g/mol. The quantitative estimate of drug-likeness (QED) is 0.110. The number of nitriles is 1. The van der Waals surface area contributed by atoms with Crippen LogP contribution < -0.4 is 4.90 Å². The smallest absolute Gasteiger partial charge is 0.346 e. The molecule has 0 spiro atoms. The molecule has 7 nitrogen and oxygen atoms in total. The number of aliphatic carboxylic acids is 1. The highest BCUT2D eigenvalue weighted by Crippen LogP contribution is 2.43. The van der Waals surface area contributed by atoms with Crippen LogP contribution >= 0.6 is 22.7 Å². The fourth-order valence-corrected chi connectivity index (χ4v) is 8.62. The largest absolute Gasteiger partial charge is 0.477 e. The van der Waals surface area contributed by atoms with Crippen molar-refractivity contribution in [2.45, 2.75) is 13.5 Å². The van der Waals surface area contributed by atoms with Gasteiger partial charge in [0.1, 0.15) is 11.6 Å². The average Bonchev–Trinajstić information content (AvgIpc) is 3.83. The molecule has 8 rings (SSSR count). The van der Waals surface area contributed by atoms with Crippen molar-refractivity contribution in [3.05, 3.63) is 119 Å². The second-order valence-electron chi connectivity index (χ2n) is 11.1. The lowest BCUT2D eigenvalue weighted by Crippen LogP contribution is -2.40. The third-order valence-corrected chi connectivity index (χ3v) is 11.0. The molecular formula is C38H23N3O4S2. The molecule has 7 aromatic rings. The van der Waals surface area contributed by atoms with Crippen molar-refractivity contribution in [1.29, 1.82) is 5.26 Å². The number of aryl methyl sites for hydroxylation is 1. The summed E-state index contributed by atoms with van der Waals surface area (Å²) in [4.78, 5) is 44.3. The van der Waals surface area contributed by atoms with Crippen LogP contribution in [0.2, 0.25) is 0 Å². The first-order valence-corrected chi connectivity index (χ1v) is 16.5. The number of nitrogens with zero attached hydrogens (tertiary/aromatic N) is 3. The van der Waals surface area contributed by atoms with Gasteiger partial charge in [0, 0.05) is 64.4 Å². The summed E-state index contributed by atoms with van der Waals surface area (Å²) in [5.74, 6) is -1.97. The number of carbonyl (C=O) groups is 3. The van der Waals surface area contributed by atoms with E-state index in [1.807, 2.05) is 72.8 Å². The number of carboxylic acid groups (broad SMARTS) is 1. The highest BCUT2D eigenvalue weighted by atomic mass is 32.1. The van der Waals surface area contributed by atoms with Gasteiger partial charge in [-0.15, -0.1) is 22.7 Å². The van der Waals surface area contributed by atoms with Gasteiger partial charge >= 0.3 is 5.97 Å². The Labute approximate surface area is 276 Å². The van der Waals surface area contributed by atoms with Crippen molar-refractivity contribution in [1.82, 2.24) is 4.57 Å². The summed E-state index contributed by atoms with van der Waals surface area (Å²) in [7, 11) is 0. The highest BCUT2D eigenvalue weighted by Gasteiger charge is 2.35. The van der Waals surface area contributed by atoms with E-state index in [0.29, 0.717) is 27.1 Å². The van der Waals surface area contributed by atoms with Crippen LogP contribution in [0.5, 0.6) is 0 Å². The fraction of sp³-hybridized carbons (Fsp3) is 0.0526. The molecule has 4 heterocycles. The number of thiophene rings is 2. The van der Waals surface area contributed by atoms with Crippen LogP contribution in [0.15, 0.2) is 103 Å². The molecule has 2 amide bonds. The highest BCUT2D eigenvalue weighted by molar-refractivity contribution is 7.24. The zero-order valence-electron chi connectivity index (χ0n) is 24.9. The molecule has 0 fully saturated rings. The minimum Gasteiger partial charge on any atom is -0.477 e. The molecule has 0 saturated carbocycles. The van der Waals surface area contributed by atoms with Gasteiger partial charge in [-0.2, -0.15) is 5.26 Å². The number of rotatable bonds is 6. The third-order valence-electron chi connectivity index (χ3n) is 8.62. The SMILES string of the molecule is CCn1c2ccccc2c2cc(N3C(=O)c4cccc5c(-c6ccc(-c7ccc(/C=C(\C#N)C(=O)O)s7)s6)ccc(c45)C3=O)ccc21. The first-order valence-electron chi connectivity index (χ1n) is 14.9. The van der Waals surface area contributed by atoms with Gasteiger partial charge in [-0.05, 0) is 84.6 Å². The number of aromatic nitrogens is 1. The van der Waals surface area contributed by atoms with E-state index in [1.54, 1.807) is 29.5 Å². The number of benzene rings is 4. The number of imide groups is 1. The van der Waals surface area contributed by atoms with E-state index in [1.165, 1.54) is 22.3 Å². The van der Waals surface area contributed by atoms with Gasteiger partial charge in [-0.1, -0.05) is 36.4 Å². The lowest BCUT2D eigenvalue weighted by atomic mass is 9.90. The Hall–Kier alpha value is -5.82. The zero-order valence-corrected chi connectivity index (χ0v) is 26.5. The molecule has 0 radical (unpaired) electrons. The van der Waals surface area contributed by atoms with Crippen molar-refractivity contribution in [2.24, 2.45) is 0 Å². The van der Waals surface area contributed by atoms with Gasteiger partial charge in [0.05, 0.1) is 5.69 Å². The molecule has 0 aliphatic carbocycles. The number of hydrogen-bond acceptors (Lipinski definition) is 6. The molecule has 9 heteroatoms. The van der Waals surface area contributed by atoms with Gasteiger partial charge < -0.3 is 9.67 Å². The standard InChI is InChI=1S/C38H23N3O4S2/c1-2-40-30-9-4-3-6-24(30)29-19-22(10-14-31(29)40)41-36(42)27-8-5-7-26-25(12-13-28(35(26)27)37(41)43)32-16-17-34(47-32)33-15-11-23(46-33)18-21(20-39)38(44)45/h3-19H,2H2,1H3,(H,44,45)/b21-18+.